The van der Waals surface area contributed by atoms with Gasteiger partial charge in [0, 0.05) is 25.1 Å². The van der Waals surface area contributed by atoms with Crippen LogP contribution in [0.4, 0.5) is 4.39 Å². The molecule has 0 saturated carbocycles. The molecule has 2 heterocycles. The third-order valence-corrected chi connectivity index (χ3v) is 6.17. The topological polar surface area (TPSA) is 95.9 Å². The van der Waals surface area contributed by atoms with E-state index in [1.807, 2.05) is 0 Å². The fraction of sp³-hybridized carbons (Fsp3) is 0.348. The summed E-state index contributed by atoms with van der Waals surface area (Å²) < 4.78 is 20.0. The largest absolute Gasteiger partial charge is 0.508 e. The van der Waals surface area contributed by atoms with Crippen LogP contribution in [0, 0.1) is 17.7 Å². The van der Waals surface area contributed by atoms with Gasteiger partial charge in [0.1, 0.15) is 17.1 Å². The van der Waals surface area contributed by atoms with Crippen LogP contribution in [0.5, 0.6) is 5.75 Å². The Labute approximate surface area is 178 Å². The lowest BCUT2D eigenvalue weighted by Gasteiger charge is -2.32. The van der Waals surface area contributed by atoms with Crippen molar-refractivity contribution in [3.05, 3.63) is 65.5 Å². The van der Waals surface area contributed by atoms with E-state index in [0.717, 1.165) is 4.90 Å². The smallest absolute Gasteiger partial charge is 0.327 e. The number of nitrogens with zero attached hydrogens (tertiary/aromatic N) is 1. The number of fused-ring (bicyclic) bond motifs is 1. The maximum absolute atomic E-state index is 14.7. The second-order valence-corrected chi connectivity index (χ2v) is 7.92. The molecule has 0 spiro atoms. The molecule has 0 aromatic heterocycles. The number of carbonyl (C=O) groups is 3. The summed E-state index contributed by atoms with van der Waals surface area (Å²) in [5.74, 6) is -4.12. The molecule has 162 valence electrons. The molecule has 2 aliphatic heterocycles. The van der Waals surface area contributed by atoms with Crippen LogP contribution < -0.4 is 5.32 Å². The summed E-state index contributed by atoms with van der Waals surface area (Å²) in [6.45, 7) is 1.73. The van der Waals surface area contributed by atoms with Gasteiger partial charge in [0.25, 0.3) is 0 Å². The molecule has 0 unspecified atom stereocenters. The van der Waals surface area contributed by atoms with Crippen molar-refractivity contribution in [2.24, 2.45) is 11.8 Å². The third-order valence-electron chi connectivity index (χ3n) is 6.17. The van der Waals surface area contributed by atoms with Crippen molar-refractivity contribution in [2.75, 3.05) is 13.7 Å². The Kier molecular flexibility index (Phi) is 5.26. The number of rotatable bonds is 5. The maximum atomic E-state index is 14.7. The number of likely N-dealkylation sites (tertiary alicyclic amines) is 1. The Balaban J connectivity index is 1.87. The molecule has 7 nitrogen and oxygen atoms in total. The van der Waals surface area contributed by atoms with E-state index in [-0.39, 0.29) is 24.3 Å². The van der Waals surface area contributed by atoms with Crippen molar-refractivity contribution >= 4 is 17.8 Å². The number of phenols is 1. The zero-order chi connectivity index (χ0) is 22.3. The van der Waals surface area contributed by atoms with Gasteiger partial charge in [-0.05, 0) is 30.7 Å². The van der Waals surface area contributed by atoms with Crippen molar-refractivity contribution in [1.29, 1.82) is 0 Å². The number of halogens is 1. The molecule has 0 radical (unpaired) electrons. The van der Waals surface area contributed by atoms with E-state index in [0.29, 0.717) is 5.56 Å². The molecule has 8 heteroatoms. The standard InChI is InChI=1S/C23H23FN2O5/c1-3-31-22(30)23(12-13-8-10-14(27)11-9-13)18-17(20(28)26(2)21(18)29)19(25-23)15-6-4-5-7-16(15)24/h4-11,17-19,25,27H,3,12H2,1-2H3/t17-,18+,19-,23+/m0/s1. The number of hydrogen-bond donors (Lipinski definition) is 2. The molecule has 2 aromatic rings. The monoisotopic (exact) mass is 426 g/mol. The molecule has 2 amide bonds. The molecule has 0 aliphatic carbocycles. The molecule has 0 bridgehead atoms. The first kappa shape index (κ1) is 21.0. The van der Waals surface area contributed by atoms with E-state index in [1.54, 1.807) is 31.2 Å². The predicted octanol–water partition coefficient (Wildman–Crippen LogP) is 1.95. The lowest BCUT2D eigenvalue weighted by molar-refractivity contribution is -0.156. The highest BCUT2D eigenvalue weighted by atomic mass is 19.1. The molecule has 31 heavy (non-hydrogen) atoms. The van der Waals surface area contributed by atoms with Crippen molar-refractivity contribution in [3.8, 4) is 5.75 Å². The van der Waals surface area contributed by atoms with Gasteiger partial charge in [0.2, 0.25) is 11.8 Å². The van der Waals surface area contributed by atoms with Crippen LogP contribution in [0.1, 0.15) is 24.1 Å². The molecule has 2 fully saturated rings. The minimum Gasteiger partial charge on any atom is -0.508 e. The Bertz CT molecular complexity index is 1040. The van der Waals surface area contributed by atoms with E-state index < -0.39 is 47.0 Å². The molecule has 2 aliphatic rings. The number of aromatic hydroxyl groups is 1. The number of phenolic OH excluding ortho intramolecular Hbond substituents is 1. The Morgan fingerprint density at radius 3 is 2.48 bits per heavy atom. The molecule has 2 saturated heterocycles. The summed E-state index contributed by atoms with van der Waals surface area (Å²) in [6, 6.07) is 11.3. The van der Waals surface area contributed by atoms with Crippen LogP contribution in [0.3, 0.4) is 0 Å². The van der Waals surface area contributed by atoms with E-state index in [4.69, 9.17) is 4.74 Å². The minimum atomic E-state index is -1.57. The minimum absolute atomic E-state index is 0.0328. The maximum Gasteiger partial charge on any atom is 0.327 e. The highest BCUT2D eigenvalue weighted by Gasteiger charge is 2.68. The van der Waals surface area contributed by atoms with E-state index in [2.05, 4.69) is 5.32 Å². The van der Waals surface area contributed by atoms with Crippen molar-refractivity contribution in [1.82, 2.24) is 10.2 Å². The number of amides is 2. The number of imide groups is 1. The van der Waals surface area contributed by atoms with Crippen LogP contribution in [0.15, 0.2) is 48.5 Å². The lowest BCUT2D eigenvalue weighted by atomic mass is 9.76. The Morgan fingerprint density at radius 1 is 1.16 bits per heavy atom. The van der Waals surface area contributed by atoms with Crippen LogP contribution in [-0.4, -0.2) is 47.0 Å². The second-order valence-electron chi connectivity index (χ2n) is 7.92. The van der Waals surface area contributed by atoms with Crippen LogP contribution in [0.25, 0.3) is 0 Å². The third kappa shape index (κ3) is 3.27. The fourth-order valence-electron chi connectivity index (χ4n) is 4.76. The van der Waals surface area contributed by atoms with Gasteiger partial charge in [-0.2, -0.15) is 0 Å². The van der Waals surface area contributed by atoms with Gasteiger partial charge < -0.3 is 9.84 Å². The number of nitrogens with one attached hydrogen (secondary N) is 1. The Morgan fingerprint density at radius 2 is 1.84 bits per heavy atom. The van der Waals surface area contributed by atoms with Gasteiger partial charge in [-0.1, -0.05) is 30.3 Å². The summed E-state index contributed by atoms with van der Waals surface area (Å²) in [6.07, 6.45) is 0.0328. The van der Waals surface area contributed by atoms with Crippen molar-refractivity contribution in [3.63, 3.8) is 0 Å². The number of esters is 1. The van der Waals surface area contributed by atoms with E-state index in [9.17, 15) is 23.9 Å². The van der Waals surface area contributed by atoms with E-state index >= 15 is 0 Å². The quantitative estimate of drug-likeness (QED) is 0.561. The number of ether oxygens (including phenoxy) is 1. The summed E-state index contributed by atoms with van der Waals surface area (Å²) in [4.78, 5) is 40.5. The number of hydrogen-bond acceptors (Lipinski definition) is 6. The number of carbonyl (C=O) groups excluding carboxylic acids is 3. The van der Waals surface area contributed by atoms with Crippen molar-refractivity contribution < 1.29 is 28.6 Å². The summed E-state index contributed by atoms with van der Waals surface area (Å²) in [5, 5.41) is 12.8. The summed E-state index contributed by atoms with van der Waals surface area (Å²) in [7, 11) is 1.37. The van der Waals surface area contributed by atoms with Gasteiger partial charge in [-0.3, -0.25) is 24.6 Å². The average molecular weight is 426 g/mol. The van der Waals surface area contributed by atoms with Crippen LogP contribution >= 0.6 is 0 Å². The van der Waals surface area contributed by atoms with Gasteiger partial charge >= 0.3 is 5.97 Å². The molecule has 4 atom stereocenters. The zero-order valence-electron chi connectivity index (χ0n) is 17.2. The van der Waals surface area contributed by atoms with Gasteiger partial charge in [0.15, 0.2) is 0 Å². The molecule has 4 rings (SSSR count). The van der Waals surface area contributed by atoms with Gasteiger partial charge in [-0.15, -0.1) is 0 Å². The SMILES string of the molecule is CCOC(=O)[C@]1(Cc2ccc(O)cc2)N[C@@H](c2ccccc2F)[C@H]2C(=O)N(C)C(=O)[C@@H]21. The average Bonchev–Trinajstić information content (AvgIpc) is 3.20. The summed E-state index contributed by atoms with van der Waals surface area (Å²) in [5.41, 5.74) is -0.700. The lowest BCUT2D eigenvalue weighted by Crippen LogP contribution is -2.57. The highest BCUT2D eigenvalue weighted by Crippen LogP contribution is 2.50. The normalized spacial score (nSPS) is 27.5. The summed E-state index contributed by atoms with van der Waals surface area (Å²) >= 11 is 0. The first-order chi connectivity index (χ1) is 14.8. The van der Waals surface area contributed by atoms with Crippen molar-refractivity contribution in [2.45, 2.75) is 24.9 Å². The van der Waals surface area contributed by atoms with Gasteiger partial charge in [-0.25, -0.2) is 4.39 Å². The highest BCUT2D eigenvalue weighted by molar-refractivity contribution is 6.09. The number of benzene rings is 2. The molecular formula is C23H23FN2O5. The Hall–Kier alpha value is -3.26. The van der Waals surface area contributed by atoms with E-state index in [1.165, 1.54) is 31.3 Å². The first-order valence-corrected chi connectivity index (χ1v) is 10.1. The van der Waals surface area contributed by atoms with Gasteiger partial charge in [0.05, 0.1) is 18.4 Å². The molecule has 2 aromatic carbocycles. The van der Waals surface area contributed by atoms with Crippen LogP contribution in [0.2, 0.25) is 0 Å². The fourth-order valence-corrected chi connectivity index (χ4v) is 4.76. The second kappa shape index (κ2) is 7.77. The van der Waals surface area contributed by atoms with Crippen LogP contribution in [-0.2, 0) is 25.5 Å². The molecular weight excluding hydrogens is 403 g/mol. The zero-order valence-corrected chi connectivity index (χ0v) is 17.2. The predicted molar refractivity (Wildman–Crippen MR) is 108 cm³/mol. The first-order valence-electron chi connectivity index (χ1n) is 10.1. The molecule has 2 N–H and O–H groups in total.